The van der Waals surface area contributed by atoms with Gasteiger partial charge in [-0.15, -0.1) is 0 Å². The molecular formula is C16H22N2O2. The molecule has 2 aliphatic heterocycles. The molecule has 1 fully saturated rings. The molecule has 1 aromatic rings. The Morgan fingerprint density at radius 2 is 2.25 bits per heavy atom. The van der Waals surface area contributed by atoms with E-state index in [-0.39, 0.29) is 18.1 Å². The van der Waals surface area contributed by atoms with Gasteiger partial charge in [0.25, 0.3) is 0 Å². The number of ether oxygens (including phenoxy) is 1. The number of carbonyl (C=O) groups excluding carboxylic acids is 1. The molecule has 0 aliphatic carbocycles. The Kier molecular flexibility index (Phi) is 4.33. The van der Waals surface area contributed by atoms with Gasteiger partial charge < -0.3 is 15.4 Å². The molecule has 0 radical (unpaired) electrons. The van der Waals surface area contributed by atoms with Crippen LogP contribution in [0.1, 0.15) is 36.4 Å². The predicted octanol–water partition coefficient (Wildman–Crippen LogP) is 1.56. The number of rotatable bonds is 3. The van der Waals surface area contributed by atoms with Gasteiger partial charge >= 0.3 is 0 Å². The topological polar surface area (TPSA) is 50.4 Å². The summed E-state index contributed by atoms with van der Waals surface area (Å²) in [6, 6.07) is 7.97. The molecule has 4 heteroatoms. The summed E-state index contributed by atoms with van der Waals surface area (Å²) < 4.78 is 5.65. The van der Waals surface area contributed by atoms with Crippen molar-refractivity contribution in [2.75, 3.05) is 19.7 Å². The van der Waals surface area contributed by atoms with Crippen LogP contribution in [0.2, 0.25) is 0 Å². The lowest BCUT2D eigenvalue weighted by molar-refractivity contribution is -0.124. The molecule has 0 spiro atoms. The number of benzene rings is 1. The Morgan fingerprint density at radius 1 is 1.35 bits per heavy atom. The van der Waals surface area contributed by atoms with E-state index in [0.717, 1.165) is 38.0 Å². The van der Waals surface area contributed by atoms with Crippen molar-refractivity contribution in [3.05, 3.63) is 35.4 Å². The molecule has 0 saturated carbocycles. The summed E-state index contributed by atoms with van der Waals surface area (Å²) in [5, 5.41) is 6.35. The molecule has 0 aromatic heterocycles. The number of fused-ring (bicyclic) bond motifs is 1. The lowest BCUT2D eigenvalue weighted by atomic mass is 9.94. The first-order valence-electron chi connectivity index (χ1n) is 7.55. The van der Waals surface area contributed by atoms with Gasteiger partial charge in [0.05, 0.1) is 6.10 Å². The number of hydrogen-bond donors (Lipinski definition) is 2. The van der Waals surface area contributed by atoms with Gasteiger partial charge in [-0.25, -0.2) is 0 Å². The highest BCUT2D eigenvalue weighted by atomic mass is 16.5. The summed E-state index contributed by atoms with van der Waals surface area (Å²) in [4.78, 5) is 12.4. The monoisotopic (exact) mass is 274 g/mol. The summed E-state index contributed by atoms with van der Waals surface area (Å²) in [6.45, 7) is 2.30. The Morgan fingerprint density at radius 3 is 3.10 bits per heavy atom. The normalized spacial score (nSPS) is 25.8. The van der Waals surface area contributed by atoms with Crippen molar-refractivity contribution in [2.24, 2.45) is 0 Å². The molecule has 1 aromatic carbocycles. The third-order valence-corrected chi connectivity index (χ3v) is 4.15. The van der Waals surface area contributed by atoms with Crippen LogP contribution in [0.4, 0.5) is 0 Å². The molecule has 2 unspecified atom stereocenters. The Bertz CT molecular complexity index is 469. The van der Waals surface area contributed by atoms with E-state index in [2.05, 4.69) is 16.7 Å². The third-order valence-electron chi connectivity index (χ3n) is 4.15. The van der Waals surface area contributed by atoms with E-state index >= 15 is 0 Å². The maximum Gasteiger partial charge on any atom is 0.241 e. The zero-order chi connectivity index (χ0) is 13.8. The molecule has 1 saturated heterocycles. The SMILES string of the molecule is O=C(NCC1CCCCO1)C1NCCc2ccccc21. The van der Waals surface area contributed by atoms with Crippen LogP contribution in [0.15, 0.2) is 24.3 Å². The Balaban J connectivity index is 1.60. The standard InChI is InChI=1S/C16H22N2O2/c19-16(18-11-13-6-3-4-10-20-13)15-14-7-2-1-5-12(14)8-9-17-15/h1-2,5,7,13,15,17H,3-4,6,8-11H2,(H,18,19). The van der Waals surface area contributed by atoms with Crippen molar-refractivity contribution < 1.29 is 9.53 Å². The van der Waals surface area contributed by atoms with E-state index in [1.165, 1.54) is 12.0 Å². The summed E-state index contributed by atoms with van der Waals surface area (Å²) >= 11 is 0. The van der Waals surface area contributed by atoms with Crippen molar-refractivity contribution in [1.82, 2.24) is 10.6 Å². The predicted molar refractivity (Wildman–Crippen MR) is 77.5 cm³/mol. The molecule has 108 valence electrons. The average molecular weight is 274 g/mol. The minimum Gasteiger partial charge on any atom is -0.376 e. The number of amides is 1. The van der Waals surface area contributed by atoms with Crippen molar-refractivity contribution >= 4 is 5.91 Å². The lowest BCUT2D eigenvalue weighted by Gasteiger charge is -2.28. The van der Waals surface area contributed by atoms with E-state index < -0.39 is 0 Å². The van der Waals surface area contributed by atoms with Crippen molar-refractivity contribution in [1.29, 1.82) is 0 Å². The van der Waals surface area contributed by atoms with E-state index in [0.29, 0.717) is 6.54 Å². The van der Waals surface area contributed by atoms with Crippen LogP contribution < -0.4 is 10.6 Å². The van der Waals surface area contributed by atoms with Crippen LogP contribution in [0.5, 0.6) is 0 Å². The molecule has 2 N–H and O–H groups in total. The second-order valence-corrected chi connectivity index (χ2v) is 5.57. The van der Waals surface area contributed by atoms with Gasteiger partial charge in [0.1, 0.15) is 6.04 Å². The van der Waals surface area contributed by atoms with Gasteiger partial charge in [-0.3, -0.25) is 4.79 Å². The van der Waals surface area contributed by atoms with Crippen LogP contribution in [-0.2, 0) is 16.0 Å². The molecule has 2 aliphatic rings. The fourth-order valence-electron chi connectivity index (χ4n) is 3.02. The van der Waals surface area contributed by atoms with Gasteiger partial charge in [0.2, 0.25) is 5.91 Å². The van der Waals surface area contributed by atoms with Crippen LogP contribution in [0.3, 0.4) is 0 Å². The maximum absolute atomic E-state index is 12.4. The summed E-state index contributed by atoms with van der Waals surface area (Å²) in [5.74, 6) is 0.0614. The van der Waals surface area contributed by atoms with Gasteiger partial charge in [0.15, 0.2) is 0 Å². The number of hydrogen-bond acceptors (Lipinski definition) is 3. The molecular weight excluding hydrogens is 252 g/mol. The lowest BCUT2D eigenvalue weighted by Crippen LogP contribution is -2.44. The molecule has 0 bridgehead atoms. The molecule has 1 amide bonds. The minimum atomic E-state index is -0.219. The van der Waals surface area contributed by atoms with E-state index in [1.807, 2.05) is 18.2 Å². The van der Waals surface area contributed by atoms with Crippen LogP contribution in [0.25, 0.3) is 0 Å². The fourth-order valence-corrected chi connectivity index (χ4v) is 3.02. The second kappa shape index (κ2) is 6.37. The van der Waals surface area contributed by atoms with Crippen molar-refractivity contribution in [3.8, 4) is 0 Å². The smallest absolute Gasteiger partial charge is 0.241 e. The second-order valence-electron chi connectivity index (χ2n) is 5.57. The van der Waals surface area contributed by atoms with Crippen LogP contribution >= 0.6 is 0 Å². The van der Waals surface area contributed by atoms with E-state index in [1.54, 1.807) is 0 Å². The van der Waals surface area contributed by atoms with Gasteiger partial charge in [-0.2, -0.15) is 0 Å². The zero-order valence-corrected chi connectivity index (χ0v) is 11.7. The summed E-state index contributed by atoms with van der Waals surface area (Å²) in [7, 11) is 0. The molecule has 3 rings (SSSR count). The van der Waals surface area contributed by atoms with Crippen LogP contribution in [-0.4, -0.2) is 31.7 Å². The van der Waals surface area contributed by atoms with Crippen molar-refractivity contribution in [3.63, 3.8) is 0 Å². The zero-order valence-electron chi connectivity index (χ0n) is 11.7. The van der Waals surface area contributed by atoms with Gasteiger partial charge in [-0.05, 0) is 36.8 Å². The van der Waals surface area contributed by atoms with Crippen LogP contribution in [0, 0.1) is 0 Å². The van der Waals surface area contributed by atoms with Crippen molar-refractivity contribution in [2.45, 2.75) is 37.8 Å². The molecule has 20 heavy (non-hydrogen) atoms. The Hall–Kier alpha value is -1.39. The average Bonchev–Trinajstić information content (AvgIpc) is 2.53. The Labute approximate surface area is 119 Å². The highest BCUT2D eigenvalue weighted by Gasteiger charge is 2.26. The highest BCUT2D eigenvalue weighted by molar-refractivity contribution is 5.83. The minimum absolute atomic E-state index is 0.0614. The van der Waals surface area contributed by atoms with E-state index in [4.69, 9.17) is 4.74 Å². The molecule has 4 nitrogen and oxygen atoms in total. The maximum atomic E-state index is 12.4. The first kappa shape index (κ1) is 13.6. The highest BCUT2D eigenvalue weighted by Crippen LogP contribution is 2.22. The quantitative estimate of drug-likeness (QED) is 0.879. The fraction of sp³-hybridized carbons (Fsp3) is 0.562. The van der Waals surface area contributed by atoms with Gasteiger partial charge in [0, 0.05) is 19.7 Å². The van der Waals surface area contributed by atoms with Gasteiger partial charge in [-0.1, -0.05) is 24.3 Å². The number of nitrogens with one attached hydrogen (secondary N) is 2. The molecule has 2 atom stereocenters. The first-order valence-corrected chi connectivity index (χ1v) is 7.55. The van der Waals surface area contributed by atoms with E-state index in [9.17, 15) is 4.79 Å². The number of carbonyl (C=O) groups is 1. The first-order chi connectivity index (χ1) is 9.84. The third kappa shape index (κ3) is 3.02. The largest absolute Gasteiger partial charge is 0.376 e. The summed E-state index contributed by atoms with van der Waals surface area (Å²) in [6.07, 6.45) is 4.57. The molecule has 2 heterocycles. The summed E-state index contributed by atoms with van der Waals surface area (Å²) in [5.41, 5.74) is 2.39.